The molecular formula is C19H19FN4O3. The number of ether oxygens (including phenoxy) is 2. The van der Waals surface area contributed by atoms with Crippen LogP contribution in [0.4, 0.5) is 10.1 Å². The molecule has 2 aromatic carbocycles. The lowest BCUT2D eigenvalue weighted by Gasteiger charge is -2.12. The van der Waals surface area contributed by atoms with E-state index in [1.165, 1.54) is 12.1 Å². The molecule has 0 aliphatic carbocycles. The Labute approximate surface area is 155 Å². The summed E-state index contributed by atoms with van der Waals surface area (Å²) in [4.78, 5) is 11.4. The minimum atomic E-state index is -0.783. The summed E-state index contributed by atoms with van der Waals surface area (Å²) in [6, 6.07) is 8.19. The number of primary amides is 1. The molecule has 0 fully saturated rings. The number of rotatable bonds is 6. The molecule has 0 aliphatic heterocycles. The summed E-state index contributed by atoms with van der Waals surface area (Å²) in [5.41, 5.74) is 12.7. The van der Waals surface area contributed by atoms with Crippen molar-refractivity contribution in [2.45, 2.75) is 12.8 Å². The van der Waals surface area contributed by atoms with Crippen molar-refractivity contribution in [3.05, 3.63) is 53.0 Å². The lowest BCUT2D eigenvalue weighted by atomic mass is 9.99. The van der Waals surface area contributed by atoms with Crippen LogP contribution in [0.1, 0.15) is 21.6 Å². The van der Waals surface area contributed by atoms with Gasteiger partial charge < -0.3 is 20.9 Å². The van der Waals surface area contributed by atoms with E-state index in [9.17, 15) is 9.18 Å². The van der Waals surface area contributed by atoms with Gasteiger partial charge in [0.2, 0.25) is 0 Å². The summed E-state index contributed by atoms with van der Waals surface area (Å²) < 4.78 is 25.1. The fraction of sp³-hybridized carbons (Fsp3) is 0.211. The molecule has 8 heteroatoms. The van der Waals surface area contributed by atoms with Gasteiger partial charge in [-0.2, -0.15) is 0 Å². The number of anilines is 1. The second-order valence-electron chi connectivity index (χ2n) is 5.93. The quantitative estimate of drug-likeness (QED) is 0.688. The fourth-order valence-corrected chi connectivity index (χ4v) is 2.98. The fourth-order valence-electron chi connectivity index (χ4n) is 2.98. The molecule has 1 aromatic heterocycles. The Hall–Kier alpha value is -3.42. The van der Waals surface area contributed by atoms with Gasteiger partial charge >= 0.3 is 0 Å². The van der Waals surface area contributed by atoms with Crippen LogP contribution >= 0.6 is 0 Å². The Kier molecular flexibility index (Phi) is 5.07. The van der Waals surface area contributed by atoms with Crippen LogP contribution in [-0.4, -0.2) is 30.3 Å². The van der Waals surface area contributed by atoms with E-state index in [4.69, 9.17) is 20.9 Å². The van der Waals surface area contributed by atoms with E-state index in [1.54, 1.807) is 26.4 Å². The van der Waals surface area contributed by atoms with Crippen molar-refractivity contribution in [3.63, 3.8) is 0 Å². The molecule has 0 spiro atoms. The highest BCUT2D eigenvalue weighted by Crippen LogP contribution is 2.29. The number of aromatic nitrogens is 2. The Morgan fingerprint density at radius 3 is 2.56 bits per heavy atom. The number of nitrogens with zero attached hydrogens (tertiary/aromatic N) is 2. The zero-order valence-corrected chi connectivity index (χ0v) is 15.0. The molecule has 27 heavy (non-hydrogen) atoms. The molecule has 0 aliphatic rings. The summed E-state index contributed by atoms with van der Waals surface area (Å²) in [7, 11) is 3.14. The smallest absolute Gasteiger partial charge is 0.271 e. The van der Waals surface area contributed by atoms with Gasteiger partial charge in [0.15, 0.2) is 5.69 Å². The average Bonchev–Trinajstić information content (AvgIpc) is 2.66. The number of halogens is 1. The van der Waals surface area contributed by atoms with Crippen molar-refractivity contribution in [2.24, 2.45) is 5.73 Å². The number of benzene rings is 2. The van der Waals surface area contributed by atoms with Crippen LogP contribution in [0.3, 0.4) is 0 Å². The van der Waals surface area contributed by atoms with Crippen molar-refractivity contribution in [1.29, 1.82) is 0 Å². The first-order chi connectivity index (χ1) is 13.0. The van der Waals surface area contributed by atoms with Gasteiger partial charge in [0.25, 0.3) is 5.91 Å². The molecule has 0 atom stereocenters. The van der Waals surface area contributed by atoms with Gasteiger partial charge in [-0.25, -0.2) is 4.39 Å². The second-order valence-corrected chi connectivity index (χ2v) is 5.93. The highest BCUT2D eigenvalue weighted by Gasteiger charge is 2.17. The average molecular weight is 370 g/mol. The van der Waals surface area contributed by atoms with Crippen molar-refractivity contribution in [3.8, 4) is 11.5 Å². The van der Waals surface area contributed by atoms with Gasteiger partial charge in [0.05, 0.1) is 19.9 Å². The Balaban J connectivity index is 2.01. The third kappa shape index (κ3) is 3.46. The highest BCUT2D eigenvalue weighted by atomic mass is 19.1. The van der Waals surface area contributed by atoms with Crippen LogP contribution in [0.25, 0.3) is 10.9 Å². The summed E-state index contributed by atoms with van der Waals surface area (Å²) in [6.45, 7) is 0. The van der Waals surface area contributed by atoms with Crippen molar-refractivity contribution in [1.82, 2.24) is 10.2 Å². The molecule has 1 heterocycles. The first kappa shape index (κ1) is 18.4. The molecule has 3 aromatic rings. The topological polar surface area (TPSA) is 113 Å². The maximum absolute atomic E-state index is 14.5. The number of carbonyl (C=O) groups excluding carboxylic acids is 1. The van der Waals surface area contributed by atoms with E-state index in [2.05, 4.69) is 10.2 Å². The lowest BCUT2D eigenvalue weighted by molar-refractivity contribution is 0.0996. The number of nitrogens with two attached hydrogens (primary N) is 2. The summed E-state index contributed by atoms with van der Waals surface area (Å²) in [5, 5.41) is 8.19. The summed E-state index contributed by atoms with van der Waals surface area (Å²) in [5.74, 6) is 0.149. The number of methoxy groups -OCH3 is 2. The Morgan fingerprint density at radius 1 is 1.11 bits per heavy atom. The molecule has 0 saturated carbocycles. The van der Waals surface area contributed by atoms with Crippen LogP contribution in [0.2, 0.25) is 0 Å². The molecule has 0 radical (unpaired) electrons. The minimum absolute atomic E-state index is 0.0905. The van der Waals surface area contributed by atoms with Crippen molar-refractivity contribution >= 4 is 22.5 Å². The summed E-state index contributed by atoms with van der Waals surface area (Å²) in [6.07, 6.45) is 0.812. The predicted octanol–water partition coefficient (Wildman–Crippen LogP) is 2.25. The number of carbonyl (C=O) groups is 1. The Morgan fingerprint density at radius 2 is 1.89 bits per heavy atom. The number of hydrogen-bond donors (Lipinski definition) is 2. The normalized spacial score (nSPS) is 10.8. The predicted molar refractivity (Wildman–Crippen MR) is 99.4 cm³/mol. The highest BCUT2D eigenvalue weighted by molar-refractivity contribution is 6.04. The van der Waals surface area contributed by atoms with E-state index in [-0.39, 0.29) is 11.4 Å². The molecule has 1 amide bonds. The Bertz CT molecular complexity index is 1020. The van der Waals surface area contributed by atoms with E-state index in [1.807, 2.05) is 6.07 Å². The largest absolute Gasteiger partial charge is 0.497 e. The van der Waals surface area contributed by atoms with Gasteiger partial charge in [-0.15, -0.1) is 10.2 Å². The van der Waals surface area contributed by atoms with Crippen LogP contribution in [0.5, 0.6) is 11.5 Å². The van der Waals surface area contributed by atoms with E-state index in [0.29, 0.717) is 40.8 Å². The van der Waals surface area contributed by atoms with Gasteiger partial charge in [0.1, 0.15) is 22.8 Å². The number of hydrogen-bond acceptors (Lipinski definition) is 6. The first-order valence-electron chi connectivity index (χ1n) is 8.20. The van der Waals surface area contributed by atoms with Crippen LogP contribution in [0.15, 0.2) is 30.3 Å². The van der Waals surface area contributed by atoms with Crippen LogP contribution < -0.4 is 20.9 Å². The van der Waals surface area contributed by atoms with E-state index >= 15 is 0 Å². The first-order valence-corrected chi connectivity index (χ1v) is 8.20. The maximum atomic E-state index is 14.5. The lowest BCUT2D eigenvalue weighted by Crippen LogP contribution is -2.17. The zero-order valence-electron chi connectivity index (χ0n) is 15.0. The number of nitrogen functional groups attached to an aromatic ring is 1. The standard InChI is InChI=1S/C19H19FN4O3/c1-26-11-4-8-15(27-2)10(9-11)3-5-12-14(20)7-6-13-16(21)18(19(22)25)24-23-17(12)13/h4,6-9H,3,5H2,1-2H3,(H2,21,23)(H2,22,25). The second kappa shape index (κ2) is 7.45. The SMILES string of the molecule is COc1ccc(OC)c(CCc2c(F)ccc3c(N)c(C(N)=O)nnc23)c1. The third-order valence-corrected chi connectivity index (χ3v) is 4.39. The molecule has 3 rings (SSSR count). The third-order valence-electron chi connectivity index (χ3n) is 4.39. The summed E-state index contributed by atoms with van der Waals surface area (Å²) >= 11 is 0. The molecule has 4 N–H and O–H groups in total. The van der Waals surface area contributed by atoms with Crippen LogP contribution in [-0.2, 0) is 12.8 Å². The molecule has 0 unspecified atom stereocenters. The maximum Gasteiger partial charge on any atom is 0.271 e. The van der Waals surface area contributed by atoms with Crippen molar-refractivity contribution in [2.75, 3.05) is 20.0 Å². The number of aryl methyl sites for hydroxylation is 2. The van der Waals surface area contributed by atoms with Gasteiger partial charge in [-0.05, 0) is 48.7 Å². The van der Waals surface area contributed by atoms with Gasteiger partial charge in [-0.3, -0.25) is 4.79 Å². The van der Waals surface area contributed by atoms with Gasteiger partial charge in [0, 0.05) is 10.9 Å². The molecule has 0 saturated heterocycles. The van der Waals surface area contributed by atoms with Gasteiger partial charge in [-0.1, -0.05) is 0 Å². The molecular weight excluding hydrogens is 351 g/mol. The monoisotopic (exact) mass is 370 g/mol. The van der Waals surface area contributed by atoms with E-state index in [0.717, 1.165) is 5.56 Å². The van der Waals surface area contributed by atoms with Crippen LogP contribution in [0, 0.1) is 5.82 Å². The van der Waals surface area contributed by atoms with Crippen molar-refractivity contribution < 1.29 is 18.7 Å². The van der Waals surface area contributed by atoms with E-state index < -0.39 is 11.7 Å². The zero-order chi connectivity index (χ0) is 19.6. The minimum Gasteiger partial charge on any atom is -0.497 e. The number of fused-ring (bicyclic) bond motifs is 1. The molecule has 7 nitrogen and oxygen atoms in total. The number of amides is 1. The molecule has 0 bridgehead atoms. The molecule has 140 valence electrons.